The molecule has 2 saturated heterocycles. The van der Waals surface area contributed by atoms with Gasteiger partial charge in [0.2, 0.25) is 0 Å². The molecule has 2 heterocycles. The van der Waals surface area contributed by atoms with Gasteiger partial charge in [-0.25, -0.2) is 0 Å². The molecular weight excluding hydrogens is 280 g/mol. The maximum atomic E-state index is 12.3. The highest BCUT2D eigenvalue weighted by atomic mass is 32.2. The Morgan fingerprint density at radius 1 is 1.19 bits per heavy atom. The minimum Gasteiger partial charge on any atom is -0.389 e. The predicted molar refractivity (Wildman–Crippen MR) is 88.0 cm³/mol. The van der Waals surface area contributed by atoms with Gasteiger partial charge in [0, 0.05) is 27.7 Å². The van der Waals surface area contributed by atoms with Crippen molar-refractivity contribution in [3.63, 3.8) is 0 Å². The van der Waals surface area contributed by atoms with Crippen LogP contribution < -0.4 is 0 Å². The van der Waals surface area contributed by atoms with E-state index in [-0.39, 0.29) is 10.5 Å². The van der Waals surface area contributed by atoms with Crippen LogP contribution in [0.1, 0.15) is 63.0 Å². The third-order valence-electron chi connectivity index (χ3n) is 5.10. The maximum Gasteiger partial charge on any atom is 0.0710 e. The second kappa shape index (κ2) is 5.85. The Hall–Kier alpha value is -0.670. The van der Waals surface area contributed by atoms with Crippen LogP contribution in [0.15, 0.2) is 24.3 Å². The molecule has 3 heteroatoms. The van der Waals surface area contributed by atoms with E-state index in [4.69, 9.17) is 0 Å². The standard InChI is InChI=1S/C18H26O2S/c1-13(2)15-8-6-14(7-9-15)10-18(19)11-16-4-3-5-17(12-18)21(16)20/h6-9,13,16-17,19H,3-5,10-12H2,1-2H3. The first kappa shape index (κ1) is 15.2. The van der Waals surface area contributed by atoms with Gasteiger partial charge < -0.3 is 5.11 Å². The molecule has 0 aliphatic carbocycles. The predicted octanol–water partition coefficient (Wildman–Crippen LogP) is 3.55. The van der Waals surface area contributed by atoms with Gasteiger partial charge in [-0.3, -0.25) is 4.21 Å². The van der Waals surface area contributed by atoms with Crippen LogP contribution in [-0.2, 0) is 17.2 Å². The molecule has 1 N–H and O–H groups in total. The molecule has 0 spiro atoms. The van der Waals surface area contributed by atoms with Crippen molar-refractivity contribution in [2.45, 2.75) is 74.4 Å². The van der Waals surface area contributed by atoms with Gasteiger partial charge in [-0.05, 0) is 42.7 Å². The Morgan fingerprint density at radius 3 is 2.29 bits per heavy atom. The van der Waals surface area contributed by atoms with E-state index in [2.05, 4.69) is 38.1 Å². The van der Waals surface area contributed by atoms with E-state index in [1.807, 2.05) is 0 Å². The number of hydrogen-bond acceptors (Lipinski definition) is 2. The molecule has 0 amide bonds. The van der Waals surface area contributed by atoms with Gasteiger partial charge in [-0.2, -0.15) is 0 Å². The van der Waals surface area contributed by atoms with Crippen molar-refractivity contribution < 1.29 is 9.32 Å². The molecular formula is C18H26O2S. The largest absolute Gasteiger partial charge is 0.389 e. The Bertz CT molecular complexity index is 505. The van der Waals surface area contributed by atoms with E-state index in [0.717, 1.165) is 12.8 Å². The average Bonchev–Trinajstić information content (AvgIpc) is 2.41. The van der Waals surface area contributed by atoms with E-state index >= 15 is 0 Å². The van der Waals surface area contributed by atoms with E-state index in [9.17, 15) is 9.32 Å². The molecule has 0 aromatic heterocycles. The number of benzene rings is 1. The van der Waals surface area contributed by atoms with Crippen molar-refractivity contribution in [3.8, 4) is 0 Å². The van der Waals surface area contributed by atoms with Crippen LogP contribution in [0.5, 0.6) is 0 Å². The van der Waals surface area contributed by atoms with Gasteiger partial charge in [0.05, 0.1) is 5.60 Å². The summed E-state index contributed by atoms with van der Waals surface area (Å²) >= 11 is 0. The molecule has 3 rings (SSSR count). The van der Waals surface area contributed by atoms with E-state index in [0.29, 0.717) is 25.2 Å². The Balaban J connectivity index is 1.73. The third kappa shape index (κ3) is 3.24. The molecule has 1 aromatic rings. The zero-order valence-corrected chi connectivity index (χ0v) is 13.9. The van der Waals surface area contributed by atoms with Crippen LogP contribution in [0.2, 0.25) is 0 Å². The first-order valence-electron chi connectivity index (χ1n) is 8.17. The van der Waals surface area contributed by atoms with E-state index < -0.39 is 16.4 Å². The third-order valence-corrected chi connectivity index (χ3v) is 7.22. The second-order valence-corrected chi connectivity index (χ2v) is 9.20. The van der Waals surface area contributed by atoms with Crippen LogP contribution in [0.25, 0.3) is 0 Å². The first-order chi connectivity index (χ1) is 9.97. The molecule has 2 nitrogen and oxygen atoms in total. The highest BCUT2D eigenvalue weighted by molar-refractivity contribution is 7.86. The maximum absolute atomic E-state index is 12.3. The Morgan fingerprint density at radius 2 is 1.76 bits per heavy atom. The fourth-order valence-electron chi connectivity index (χ4n) is 3.92. The molecule has 21 heavy (non-hydrogen) atoms. The highest BCUT2D eigenvalue weighted by Gasteiger charge is 2.45. The minimum atomic E-state index is -0.710. The first-order valence-corrected chi connectivity index (χ1v) is 9.45. The van der Waals surface area contributed by atoms with Gasteiger partial charge in [0.25, 0.3) is 0 Å². The molecule has 0 radical (unpaired) electrons. The lowest BCUT2D eigenvalue weighted by Crippen LogP contribution is -2.50. The summed E-state index contributed by atoms with van der Waals surface area (Å²) in [6, 6.07) is 8.64. The Labute approximate surface area is 130 Å². The summed E-state index contributed by atoms with van der Waals surface area (Å²) in [5.74, 6) is 0.540. The van der Waals surface area contributed by atoms with Crippen LogP contribution in [0.4, 0.5) is 0 Å². The lowest BCUT2D eigenvalue weighted by atomic mass is 9.81. The van der Waals surface area contributed by atoms with Crippen molar-refractivity contribution in [2.24, 2.45) is 0 Å². The van der Waals surface area contributed by atoms with E-state index in [1.54, 1.807) is 0 Å². The highest BCUT2D eigenvalue weighted by Crippen LogP contribution is 2.40. The summed E-state index contributed by atoms with van der Waals surface area (Å²) in [5.41, 5.74) is 1.89. The van der Waals surface area contributed by atoms with Gasteiger partial charge in [-0.15, -0.1) is 0 Å². The summed E-state index contributed by atoms with van der Waals surface area (Å²) < 4.78 is 12.3. The molecule has 2 aliphatic heterocycles. The van der Waals surface area contributed by atoms with E-state index in [1.165, 1.54) is 17.5 Å². The summed E-state index contributed by atoms with van der Waals surface area (Å²) in [7, 11) is -0.710. The zero-order valence-electron chi connectivity index (χ0n) is 13.0. The number of rotatable bonds is 3. The van der Waals surface area contributed by atoms with Crippen LogP contribution in [0, 0.1) is 0 Å². The summed E-state index contributed by atoms with van der Waals surface area (Å²) in [4.78, 5) is 0. The normalized spacial score (nSPS) is 35.9. The zero-order chi connectivity index (χ0) is 15.0. The fourth-order valence-corrected chi connectivity index (χ4v) is 6.21. The van der Waals surface area contributed by atoms with Crippen molar-refractivity contribution >= 4 is 10.8 Å². The van der Waals surface area contributed by atoms with Crippen molar-refractivity contribution in [3.05, 3.63) is 35.4 Å². The quantitative estimate of drug-likeness (QED) is 0.927. The molecule has 1 aromatic carbocycles. The molecule has 2 unspecified atom stereocenters. The van der Waals surface area contributed by atoms with Gasteiger partial charge in [-0.1, -0.05) is 44.5 Å². The number of fused-ring (bicyclic) bond motifs is 2. The lowest BCUT2D eigenvalue weighted by molar-refractivity contribution is 0.0114. The van der Waals surface area contributed by atoms with Gasteiger partial charge in [0.1, 0.15) is 0 Å². The fraction of sp³-hybridized carbons (Fsp3) is 0.667. The SMILES string of the molecule is CC(C)c1ccc(CC2(O)CC3CCCC(C2)S3=O)cc1. The van der Waals surface area contributed by atoms with Gasteiger partial charge in [0.15, 0.2) is 0 Å². The monoisotopic (exact) mass is 306 g/mol. The number of aliphatic hydroxyl groups is 1. The lowest BCUT2D eigenvalue weighted by Gasteiger charge is -2.43. The average molecular weight is 306 g/mol. The molecule has 0 saturated carbocycles. The van der Waals surface area contributed by atoms with Crippen LogP contribution >= 0.6 is 0 Å². The van der Waals surface area contributed by atoms with Crippen LogP contribution in [-0.4, -0.2) is 25.4 Å². The summed E-state index contributed by atoms with van der Waals surface area (Å²) in [5, 5.41) is 11.4. The minimum absolute atomic E-state index is 0.220. The number of hydrogen-bond donors (Lipinski definition) is 1. The van der Waals surface area contributed by atoms with Crippen molar-refractivity contribution in [1.82, 2.24) is 0 Å². The Kier molecular flexibility index (Phi) is 4.24. The molecule has 2 atom stereocenters. The smallest absolute Gasteiger partial charge is 0.0710 e. The van der Waals surface area contributed by atoms with Crippen molar-refractivity contribution in [1.29, 1.82) is 0 Å². The summed E-state index contributed by atoms with van der Waals surface area (Å²) in [6.45, 7) is 4.39. The van der Waals surface area contributed by atoms with Gasteiger partial charge >= 0.3 is 0 Å². The second-order valence-electron chi connectivity index (χ2n) is 7.21. The molecule has 2 bridgehead atoms. The molecule has 116 valence electrons. The summed E-state index contributed by atoms with van der Waals surface area (Å²) in [6.07, 6.45) is 5.36. The van der Waals surface area contributed by atoms with Crippen molar-refractivity contribution in [2.75, 3.05) is 0 Å². The molecule has 2 aliphatic rings. The molecule has 2 fully saturated rings. The van der Waals surface area contributed by atoms with Crippen LogP contribution in [0.3, 0.4) is 0 Å². The topological polar surface area (TPSA) is 37.3 Å².